The van der Waals surface area contributed by atoms with Crippen LogP contribution in [0.3, 0.4) is 0 Å². The van der Waals surface area contributed by atoms with Crippen molar-refractivity contribution in [3.05, 3.63) is 0 Å². The Morgan fingerprint density at radius 3 is 2.18 bits per heavy atom. The first-order valence-corrected chi connectivity index (χ1v) is 7.43. The van der Waals surface area contributed by atoms with Crippen LogP contribution in [0.25, 0.3) is 0 Å². The van der Waals surface area contributed by atoms with Gasteiger partial charge >= 0.3 is 0 Å². The van der Waals surface area contributed by atoms with Crippen LogP contribution in [-0.2, 0) is 0 Å². The predicted octanol–water partition coefficient (Wildman–Crippen LogP) is 3.27. The normalized spacial score (nSPS) is 27.7. The minimum atomic E-state index is 0.364. The molecule has 17 heavy (non-hydrogen) atoms. The summed E-state index contributed by atoms with van der Waals surface area (Å²) in [6.45, 7) is 16.4. The van der Waals surface area contributed by atoms with Crippen molar-refractivity contribution >= 4 is 0 Å². The van der Waals surface area contributed by atoms with Gasteiger partial charge in [0.25, 0.3) is 0 Å². The highest BCUT2D eigenvalue weighted by molar-refractivity contribution is 4.93. The van der Waals surface area contributed by atoms with Gasteiger partial charge in [0.15, 0.2) is 0 Å². The number of rotatable bonds is 4. The molecule has 2 nitrogen and oxygen atoms in total. The summed E-state index contributed by atoms with van der Waals surface area (Å²) in [6, 6.07) is 2.14. The van der Waals surface area contributed by atoms with E-state index in [9.17, 15) is 0 Å². The molecule has 1 fully saturated rings. The van der Waals surface area contributed by atoms with E-state index in [4.69, 9.17) is 0 Å². The summed E-state index contributed by atoms with van der Waals surface area (Å²) in [4.78, 5) is 2.77. The van der Waals surface area contributed by atoms with Crippen LogP contribution in [0.4, 0.5) is 0 Å². The highest BCUT2D eigenvalue weighted by Gasteiger charge is 2.35. The third-order valence-electron chi connectivity index (χ3n) is 4.39. The molecule has 1 rings (SSSR count). The second-order valence-electron chi connectivity index (χ2n) is 6.56. The number of nitrogens with zero attached hydrogens (tertiary/aromatic N) is 1. The summed E-state index contributed by atoms with van der Waals surface area (Å²) >= 11 is 0. The van der Waals surface area contributed by atoms with Gasteiger partial charge in [-0.2, -0.15) is 0 Å². The molecule has 1 aliphatic rings. The number of hydrogen-bond acceptors (Lipinski definition) is 2. The molecule has 0 amide bonds. The summed E-state index contributed by atoms with van der Waals surface area (Å²) < 4.78 is 0. The van der Waals surface area contributed by atoms with Crippen molar-refractivity contribution in [2.45, 2.75) is 78.9 Å². The second-order valence-corrected chi connectivity index (χ2v) is 6.56. The predicted molar refractivity (Wildman–Crippen MR) is 76.4 cm³/mol. The Morgan fingerprint density at radius 1 is 1.18 bits per heavy atom. The topological polar surface area (TPSA) is 15.3 Å². The zero-order valence-electron chi connectivity index (χ0n) is 12.7. The van der Waals surface area contributed by atoms with Gasteiger partial charge in [-0.05, 0) is 24.7 Å². The largest absolute Gasteiger partial charge is 0.311 e. The number of hydrogen-bond donors (Lipinski definition) is 1. The van der Waals surface area contributed by atoms with E-state index < -0.39 is 0 Å². The van der Waals surface area contributed by atoms with E-state index >= 15 is 0 Å². The van der Waals surface area contributed by atoms with Crippen molar-refractivity contribution < 1.29 is 0 Å². The van der Waals surface area contributed by atoms with E-state index in [0.717, 1.165) is 18.6 Å². The minimum Gasteiger partial charge on any atom is -0.311 e. The van der Waals surface area contributed by atoms with Crippen molar-refractivity contribution in [3.8, 4) is 0 Å². The first kappa shape index (κ1) is 15.0. The van der Waals surface area contributed by atoms with Gasteiger partial charge in [0.2, 0.25) is 0 Å². The van der Waals surface area contributed by atoms with Crippen LogP contribution in [0, 0.1) is 5.41 Å². The van der Waals surface area contributed by atoms with Crippen molar-refractivity contribution in [3.63, 3.8) is 0 Å². The molecule has 0 aromatic rings. The number of nitrogens with one attached hydrogen (secondary N) is 1. The summed E-state index contributed by atoms with van der Waals surface area (Å²) in [7, 11) is 0. The molecule has 2 atom stereocenters. The van der Waals surface area contributed by atoms with Crippen molar-refractivity contribution in [2.24, 2.45) is 5.41 Å². The zero-order valence-corrected chi connectivity index (χ0v) is 12.7. The van der Waals surface area contributed by atoms with E-state index in [2.05, 4.69) is 51.8 Å². The standard InChI is InChI=1S/C15H32N2/c1-7-12(8-2)17-11-14(15(4,5)6)16-10-13(17)9-3/h12-14,16H,7-11H2,1-6H3. The lowest BCUT2D eigenvalue weighted by molar-refractivity contribution is 0.0444. The van der Waals surface area contributed by atoms with Crippen LogP contribution < -0.4 is 5.32 Å². The fraction of sp³-hybridized carbons (Fsp3) is 1.00. The summed E-state index contributed by atoms with van der Waals surface area (Å²) in [5.41, 5.74) is 0.364. The molecular formula is C15H32N2. The Labute approximate surface area is 108 Å². The molecule has 0 radical (unpaired) electrons. The van der Waals surface area contributed by atoms with Gasteiger partial charge in [0, 0.05) is 31.2 Å². The van der Waals surface area contributed by atoms with Crippen molar-refractivity contribution in [1.29, 1.82) is 0 Å². The lowest BCUT2D eigenvalue weighted by Gasteiger charge is -2.48. The second kappa shape index (κ2) is 6.19. The van der Waals surface area contributed by atoms with Gasteiger partial charge in [0.1, 0.15) is 0 Å². The summed E-state index contributed by atoms with van der Waals surface area (Å²) in [5, 5.41) is 3.75. The molecule has 1 N–H and O–H groups in total. The molecule has 1 heterocycles. The Hall–Kier alpha value is -0.0800. The maximum atomic E-state index is 3.75. The average Bonchev–Trinajstić information content (AvgIpc) is 2.29. The Kier molecular flexibility index (Phi) is 5.46. The quantitative estimate of drug-likeness (QED) is 0.811. The minimum absolute atomic E-state index is 0.364. The van der Waals surface area contributed by atoms with Crippen LogP contribution in [0.1, 0.15) is 60.8 Å². The van der Waals surface area contributed by atoms with E-state index in [1.165, 1.54) is 25.8 Å². The van der Waals surface area contributed by atoms with E-state index in [1.54, 1.807) is 0 Å². The lowest BCUT2D eigenvalue weighted by atomic mass is 9.84. The Morgan fingerprint density at radius 2 is 1.76 bits per heavy atom. The SMILES string of the molecule is CCC(CC)N1CC(C(C)(C)C)NCC1CC. The monoisotopic (exact) mass is 240 g/mol. The Bertz CT molecular complexity index is 208. The lowest BCUT2D eigenvalue weighted by Crippen LogP contribution is -2.62. The van der Waals surface area contributed by atoms with Gasteiger partial charge in [-0.15, -0.1) is 0 Å². The van der Waals surface area contributed by atoms with Crippen LogP contribution >= 0.6 is 0 Å². The van der Waals surface area contributed by atoms with Gasteiger partial charge in [0.05, 0.1) is 0 Å². The van der Waals surface area contributed by atoms with Gasteiger partial charge in [-0.1, -0.05) is 41.5 Å². The molecule has 2 unspecified atom stereocenters. The molecule has 102 valence electrons. The maximum Gasteiger partial charge on any atom is 0.0244 e. The molecule has 1 aliphatic heterocycles. The zero-order chi connectivity index (χ0) is 13.1. The molecule has 0 aromatic heterocycles. The van der Waals surface area contributed by atoms with E-state index in [-0.39, 0.29) is 0 Å². The summed E-state index contributed by atoms with van der Waals surface area (Å²) in [5.74, 6) is 0. The fourth-order valence-electron chi connectivity index (χ4n) is 2.98. The van der Waals surface area contributed by atoms with Gasteiger partial charge in [-0.25, -0.2) is 0 Å². The van der Waals surface area contributed by atoms with E-state index in [1.807, 2.05) is 0 Å². The molecule has 2 heteroatoms. The third-order valence-corrected chi connectivity index (χ3v) is 4.39. The molecule has 0 spiro atoms. The highest BCUT2D eigenvalue weighted by Crippen LogP contribution is 2.26. The molecule has 0 saturated carbocycles. The molecule has 0 bridgehead atoms. The first-order chi connectivity index (χ1) is 7.93. The fourth-order valence-corrected chi connectivity index (χ4v) is 2.98. The van der Waals surface area contributed by atoms with Crippen molar-refractivity contribution in [2.75, 3.05) is 13.1 Å². The highest BCUT2D eigenvalue weighted by atomic mass is 15.3. The number of piperazine rings is 1. The molecule has 0 aliphatic carbocycles. The Balaban J connectivity index is 2.74. The molecular weight excluding hydrogens is 208 g/mol. The molecule has 1 saturated heterocycles. The van der Waals surface area contributed by atoms with Gasteiger partial charge < -0.3 is 5.32 Å². The first-order valence-electron chi connectivity index (χ1n) is 7.43. The average molecular weight is 240 g/mol. The third kappa shape index (κ3) is 3.69. The molecule has 0 aromatic carbocycles. The van der Waals surface area contributed by atoms with Gasteiger partial charge in [-0.3, -0.25) is 4.90 Å². The van der Waals surface area contributed by atoms with Crippen LogP contribution in [0.5, 0.6) is 0 Å². The van der Waals surface area contributed by atoms with Crippen molar-refractivity contribution in [1.82, 2.24) is 10.2 Å². The summed E-state index contributed by atoms with van der Waals surface area (Å²) in [6.07, 6.45) is 3.83. The van der Waals surface area contributed by atoms with E-state index in [0.29, 0.717) is 11.5 Å². The van der Waals surface area contributed by atoms with Crippen LogP contribution in [-0.4, -0.2) is 36.1 Å². The van der Waals surface area contributed by atoms with Crippen LogP contribution in [0.2, 0.25) is 0 Å². The maximum absolute atomic E-state index is 3.75. The smallest absolute Gasteiger partial charge is 0.0244 e. The van der Waals surface area contributed by atoms with Crippen LogP contribution in [0.15, 0.2) is 0 Å².